The van der Waals surface area contributed by atoms with Crippen LogP contribution < -0.4 is 5.32 Å². The summed E-state index contributed by atoms with van der Waals surface area (Å²) in [7, 11) is -4.04. The van der Waals surface area contributed by atoms with Crippen molar-refractivity contribution in [2.45, 2.75) is 168 Å². The van der Waals surface area contributed by atoms with E-state index in [9.17, 15) is 29.4 Å². The molecule has 3 N–H and O–H groups in total. The third-order valence-corrected chi connectivity index (χ3v) is 17.4. The average molecular weight is 1040 g/mol. The highest BCUT2D eigenvalue weighted by molar-refractivity contribution is 6.59. The highest BCUT2D eigenvalue weighted by Gasteiger charge is 2.78. The molecule has 17 nitrogen and oxygen atoms in total. The van der Waals surface area contributed by atoms with Crippen molar-refractivity contribution < 1.29 is 75.9 Å². The van der Waals surface area contributed by atoms with E-state index in [0.717, 1.165) is 6.92 Å². The molecule has 1 aliphatic heterocycles. The number of aliphatic hydroxyl groups excluding tert-OH is 1. The summed E-state index contributed by atoms with van der Waals surface area (Å²) in [4.78, 5) is 87.0. The summed E-state index contributed by atoms with van der Waals surface area (Å²) in [5.41, 5.74) is -8.82. The van der Waals surface area contributed by atoms with Gasteiger partial charge in [0.15, 0.2) is 23.6 Å². The number of rotatable bonds is 14. The highest BCUT2D eigenvalue weighted by atomic mass is 28.4. The van der Waals surface area contributed by atoms with Crippen molar-refractivity contribution in [3.8, 4) is 0 Å². The lowest BCUT2D eigenvalue weighted by molar-refractivity contribution is -0.346. The van der Waals surface area contributed by atoms with Crippen LogP contribution in [0.2, 0.25) is 6.55 Å². The first-order valence-corrected chi connectivity index (χ1v) is 27.2. The first kappa shape index (κ1) is 56.1. The minimum Gasteiger partial charge on any atom is -0.456 e. The zero-order valence-corrected chi connectivity index (χ0v) is 45.5. The Kier molecular flexibility index (Phi) is 15.5. The molecule has 7 rings (SSSR count). The Hall–Kier alpha value is -5.60. The van der Waals surface area contributed by atoms with Gasteiger partial charge in [-0.3, -0.25) is 19.2 Å². The number of Topliss-reactive ketones (excluding diaryl/α,β-unsaturated/α-hetero) is 1. The van der Waals surface area contributed by atoms with Crippen LogP contribution in [0.15, 0.2) is 102 Å². The molecule has 4 aliphatic rings. The number of carbonyl (C=O) groups is 6. The van der Waals surface area contributed by atoms with Gasteiger partial charge in [0.05, 0.1) is 46.9 Å². The highest BCUT2D eigenvalue weighted by Crippen LogP contribution is 2.64. The van der Waals surface area contributed by atoms with Gasteiger partial charge in [-0.1, -0.05) is 80.6 Å². The van der Waals surface area contributed by atoms with E-state index in [1.54, 1.807) is 148 Å². The zero-order chi connectivity index (χ0) is 54.6. The SMILES string of the molecule is CC(=O)O[C@H]1C(=O)[C@@]2(C)[C@H]([C@H](OC(=O)c3ccccc3)[C@]3(O)C[C@H](OC(=O)[C@H](O[Si](C)(OC(C)(C)C)OC(C)(C)C)[C@@H](NC(=O)c4ccccc4)c4ccccc4)C(C)=C1C3(C)C)[C@]1(OC(C)=O)CO[C@@H]1C[C@@H]2O. The van der Waals surface area contributed by atoms with Gasteiger partial charge in [0.2, 0.25) is 0 Å². The van der Waals surface area contributed by atoms with Crippen molar-refractivity contribution in [3.05, 3.63) is 119 Å². The van der Waals surface area contributed by atoms with Crippen LogP contribution >= 0.6 is 0 Å². The third kappa shape index (κ3) is 10.8. The van der Waals surface area contributed by atoms with E-state index in [1.165, 1.54) is 26.0 Å². The number of ketones is 1. The van der Waals surface area contributed by atoms with Crippen LogP contribution in [-0.4, -0.2) is 120 Å². The van der Waals surface area contributed by atoms with Crippen molar-refractivity contribution in [2.75, 3.05) is 6.61 Å². The predicted octanol–water partition coefficient (Wildman–Crippen LogP) is 6.96. The molecule has 0 unspecified atom stereocenters. The minimum absolute atomic E-state index is 0.00575. The summed E-state index contributed by atoms with van der Waals surface area (Å²) in [6, 6.07) is 23.6. The van der Waals surface area contributed by atoms with E-state index in [2.05, 4.69) is 5.32 Å². The molecular formula is C56H71NO16Si. The van der Waals surface area contributed by atoms with Crippen molar-refractivity contribution in [1.82, 2.24) is 5.32 Å². The Labute approximate surface area is 433 Å². The fourth-order valence-electron chi connectivity index (χ4n) is 11.7. The van der Waals surface area contributed by atoms with Gasteiger partial charge in [0, 0.05) is 44.2 Å². The standard InChI is InChI=1S/C56H71NO16Si/c1-32-38(68-50(64)44(71-74(13,72-51(4,5)6)73-52(7,8)9)42(35-23-17-14-18-24-35)57-48(62)36-25-19-15-20-26-36)30-56(65)47(69-49(63)37-27-21-16-22-28-37)45-54(12,39(60)29-40-55(45,31-66-40)70-34(3)59)46(61)43(67-33(2)58)41(32)53(56,10)11/h14-28,38-40,42-45,47,60,65H,29-31H2,1-13H3,(H,57,62)/t38-,39-,40+,42-,43+,44+,45-,47-,54+,55-,56+/m0/s1. The van der Waals surface area contributed by atoms with Crippen LogP contribution in [0, 0.1) is 16.7 Å². The van der Waals surface area contributed by atoms with Gasteiger partial charge in [-0.2, -0.15) is 0 Å². The van der Waals surface area contributed by atoms with Gasteiger partial charge >= 0.3 is 32.7 Å². The molecule has 2 saturated carbocycles. The number of fused-ring (bicyclic) bond motifs is 5. The van der Waals surface area contributed by atoms with Crippen LogP contribution in [0.5, 0.6) is 0 Å². The van der Waals surface area contributed by atoms with E-state index in [4.69, 9.17) is 37.0 Å². The topological polar surface area (TPSA) is 229 Å². The number of aliphatic hydroxyl groups is 2. The molecule has 400 valence electrons. The Morgan fingerprint density at radius 1 is 0.784 bits per heavy atom. The molecule has 11 atom stereocenters. The maximum atomic E-state index is 15.9. The van der Waals surface area contributed by atoms with Gasteiger partial charge in [-0.05, 0) is 96.4 Å². The van der Waals surface area contributed by atoms with Gasteiger partial charge in [0.25, 0.3) is 5.91 Å². The lowest BCUT2D eigenvalue weighted by Gasteiger charge is -2.67. The largest absolute Gasteiger partial charge is 0.499 e. The molecule has 18 heteroatoms. The summed E-state index contributed by atoms with van der Waals surface area (Å²) in [5, 5.41) is 29.4. The van der Waals surface area contributed by atoms with E-state index in [0.29, 0.717) is 5.56 Å². The van der Waals surface area contributed by atoms with Crippen molar-refractivity contribution in [3.63, 3.8) is 0 Å². The second-order valence-electron chi connectivity index (χ2n) is 22.7. The van der Waals surface area contributed by atoms with Crippen LogP contribution in [0.1, 0.15) is 128 Å². The number of nitrogens with one attached hydrogen (secondary N) is 1. The second kappa shape index (κ2) is 20.5. The van der Waals surface area contributed by atoms with Crippen LogP contribution in [0.4, 0.5) is 0 Å². The normalized spacial score (nSPS) is 29.4. The van der Waals surface area contributed by atoms with E-state index in [1.807, 2.05) is 0 Å². The number of amides is 1. The number of carbonyl (C=O) groups excluding carboxylic acids is 6. The van der Waals surface area contributed by atoms with Crippen LogP contribution in [0.3, 0.4) is 0 Å². The predicted molar refractivity (Wildman–Crippen MR) is 270 cm³/mol. The van der Waals surface area contributed by atoms with E-state index in [-0.39, 0.29) is 35.3 Å². The summed E-state index contributed by atoms with van der Waals surface area (Å²) in [6.07, 6.45) is -10.4. The van der Waals surface area contributed by atoms with Gasteiger partial charge in [-0.25, -0.2) is 9.59 Å². The average Bonchev–Trinajstić information content (AvgIpc) is 3.30. The summed E-state index contributed by atoms with van der Waals surface area (Å²) in [6.45, 7) is 20.6. The summed E-state index contributed by atoms with van der Waals surface area (Å²) in [5.74, 6) is -6.67. The molecule has 0 spiro atoms. The van der Waals surface area contributed by atoms with Crippen LogP contribution in [-0.2, 0) is 56.1 Å². The summed E-state index contributed by atoms with van der Waals surface area (Å²) >= 11 is 0. The lowest BCUT2D eigenvalue weighted by atomic mass is 9.44. The van der Waals surface area contributed by atoms with Crippen LogP contribution in [0.25, 0.3) is 0 Å². The minimum atomic E-state index is -4.04. The Balaban J connectivity index is 1.46. The van der Waals surface area contributed by atoms with E-state index >= 15 is 9.59 Å². The molecule has 3 aliphatic carbocycles. The van der Waals surface area contributed by atoms with Crippen molar-refractivity contribution in [2.24, 2.45) is 16.7 Å². The molecule has 0 radical (unpaired) electrons. The molecule has 3 aromatic rings. The lowest BCUT2D eigenvalue weighted by Crippen LogP contribution is -2.82. The number of hydrogen-bond donors (Lipinski definition) is 3. The van der Waals surface area contributed by atoms with E-state index < -0.39 is 133 Å². The smallest absolute Gasteiger partial charge is 0.456 e. The van der Waals surface area contributed by atoms with Crippen molar-refractivity contribution in [1.29, 1.82) is 0 Å². The van der Waals surface area contributed by atoms with Gasteiger partial charge in [-0.15, -0.1) is 0 Å². The Bertz CT molecular complexity index is 2630. The zero-order valence-electron chi connectivity index (χ0n) is 44.5. The molecule has 3 fully saturated rings. The molecule has 1 heterocycles. The first-order chi connectivity index (χ1) is 34.4. The van der Waals surface area contributed by atoms with Gasteiger partial charge < -0.3 is 52.5 Å². The number of benzene rings is 3. The van der Waals surface area contributed by atoms with Gasteiger partial charge in [0.1, 0.15) is 23.9 Å². The Morgan fingerprint density at radius 2 is 1.32 bits per heavy atom. The second-order valence-corrected chi connectivity index (χ2v) is 25.1. The summed E-state index contributed by atoms with van der Waals surface area (Å²) < 4.78 is 51.5. The first-order valence-electron chi connectivity index (χ1n) is 25.0. The van der Waals surface area contributed by atoms with Crippen molar-refractivity contribution >= 4 is 44.4 Å². The quantitative estimate of drug-likeness (QED) is 0.0642. The molecule has 74 heavy (non-hydrogen) atoms. The molecule has 3 aromatic carbocycles. The molecule has 2 bridgehead atoms. The Morgan fingerprint density at radius 3 is 1.82 bits per heavy atom. The number of ether oxygens (including phenoxy) is 5. The molecule has 1 saturated heterocycles. The number of hydrogen-bond acceptors (Lipinski definition) is 16. The molecule has 1 amide bonds. The molecule has 0 aromatic heterocycles. The fourth-order valence-corrected chi connectivity index (χ4v) is 14.8. The monoisotopic (exact) mass is 1040 g/mol. The fraction of sp³-hybridized carbons (Fsp3) is 0.536. The number of esters is 4. The maximum absolute atomic E-state index is 15.9. The maximum Gasteiger partial charge on any atom is 0.499 e. The molecular weight excluding hydrogens is 971 g/mol. The third-order valence-electron chi connectivity index (χ3n) is 14.8.